The molecule has 1 fully saturated rings. The van der Waals surface area contributed by atoms with E-state index in [0.29, 0.717) is 13.0 Å². The zero-order valence-electron chi connectivity index (χ0n) is 10.8. The van der Waals surface area contributed by atoms with Crippen molar-refractivity contribution >= 4 is 12.0 Å². The summed E-state index contributed by atoms with van der Waals surface area (Å²) in [4.78, 5) is 13.9. The van der Waals surface area contributed by atoms with E-state index in [1.807, 2.05) is 0 Å². The summed E-state index contributed by atoms with van der Waals surface area (Å²) in [6, 6.07) is 1.90. The van der Waals surface area contributed by atoms with Gasteiger partial charge in [-0.25, -0.2) is 9.78 Å². The molecule has 114 valence electrons. The molecule has 1 aromatic rings. The Hall–Kier alpha value is -2.09. The van der Waals surface area contributed by atoms with Gasteiger partial charge in [0.15, 0.2) is 0 Å². The molecule has 1 saturated heterocycles. The van der Waals surface area contributed by atoms with Crippen LogP contribution in [0.4, 0.5) is 13.2 Å². The SMILES string of the molecule is O=C(O)/C=C/c1ccc(C(F)(F)F)nc1OC1CCOC1. The van der Waals surface area contributed by atoms with Gasteiger partial charge in [0, 0.05) is 18.1 Å². The number of hydrogen-bond donors (Lipinski definition) is 1. The smallest absolute Gasteiger partial charge is 0.433 e. The lowest BCUT2D eigenvalue weighted by molar-refractivity contribution is -0.141. The second-order valence-corrected chi connectivity index (χ2v) is 4.36. The van der Waals surface area contributed by atoms with Crippen molar-refractivity contribution in [2.24, 2.45) is 0 Å². The molecule has 2 rings (SSSR count). The zero-order chi connectivity index (χ0) is 15.5. The fourth-order valence-corrected chi connectivity index (χ4v) is 1.76. The summed E-state index contributed by atoms with van der Waals surface area (Å²) in [5.74, 6) is -1.47. The summed E-state index contributed by atoms with van der Waals surface area (Å²) in [7, 11) is 0. The second kappa shape index (κ2) is 6.13. The minimum absolute atomic E-state index is 0.164. The van der Waals surface area contributed by atoms with Gasteiger partial charge in [0.2, 0.25) is 5.88 Å². The molecule has 0 spiro atoms. The lowest BCUT2D eigenvalue weighted by atomic mass is 10.2. The molecule has 1 aromatic heterocycles. The topological polar surface area (TPSA) is 68.7 Å². The number of rotatable bonds is 4. The lowest BCUT2D eigenvalue weighted by Crippen LogP contribution is -2.18. The molecular formula is C13H12F3NO4. The van der Waals surface area contributed by atoms with Gasteiger partial charge in [-0.3, -0.25) is 0 Å². The van der Waals surface area contributed by atoms with E-state index in [1.165, 1.54) is 0 Å². The van der Waals surface area contributed by atoms with Crippen LogP contribution in [0.2, 0.25) is 0 Å². The number of nitrogens with zero attached hydrogens (tertiary/aromatic N) is 1. The highest BCUT2D eigenvalue weighted by Crippen LogP contribution is 2.31. The predicted molar refractivity (Wildman–Crippen MR) is 65.8 cm³/mol. The molecule has 0 amide bonds. The standard InChI is InChI=1S/C13H12F3NO4/c14-13(15,16)10-3-1-8(2-4-11(18)19)12(17-10)21-9-5-6-20-7-9/h1-4,9H,5-7H2,(H,18,19)/b4-2+. The number of halogens is 3. The summed E-state index contributed by atoms with van der Waals surface area (Å²) in [5.41, 5.74) is -0.929. The molecular weight excluding hydrogens is 291 g/mol. The van der Waals surface area contributed by atoms with Crippen LogP contribution in [0.25, 0.3) is 6.08 Å². The molecule has 1 aliphatic rings. The lowest BCUT2D eigenvalue weighted by Gasteiger charge is -2.15. The van der Waals surface area contributed by atoms with E-state index in [9.17, 15) is 18.0 Å². The first-order chi connectivity index (χ1) is 9.86. The summed E-state index contributed by atoms with van der Waals surface area (Å²) in [6.07, 6.45) is -2.50. The van der Waals surface area contributed by atoms with Crippen molar-refractivity contribution in [3.63, 3.8) is 0 Å². The van der Waals surface area contributed by atoms with E-state index in [2.05, 4.69) is 4.98 Å². The highest BCUT2D eigenvalue weighted by Gasteiger charge is 2.33. The van der Waals surface area contributed by atoms with E-state index in [1.54, 1.807) is 0 Å². The number of ether oxygens (including phenoxy) is 2. The third-order valence-electron chi connectivity index (χ3n) is 2.75. The van der Waals surface area contributed by atoms with E-state index >= 15 is 0 Å². The van der Waals surface area contributed by atoms with Gasteiger partial charge in [-0.15, -0.1) is 0 Å². The number of aromatic nitrogens is 1. The minimum Gasteiger partial charge on any atom is -0.478 e. The van der Waals surface area contributed by atoms with Gasteiger partial charge < -0.3 is 14.6 Å². The Morgan fingerprint density at radius 1 is 1.48 bits per heavy atom. The van der Waals surface area contributed by atoms with E-state index in [0.717, 1.165) is 24.3 Å². The second-order valence-electron chi connectivity index (χ2n) is 4.36. The Morgan fingerprint density at radius 3 is 2.81 bits per heavy atom. The first kappa shape index (κ1) is 15.3. The highest BCUT2D eigenvalue weighted by atomic mass is 19.4. The van der Waals surface area contributed by atoms with Crippen molar-refractivity contribution in [3.8, 4) is 5.88 Å². The molecule has 0 bridgehead atoms. The van der Waals surface area contributed by atoms with Crippen molar-refractivity contribution in [2.45, 2.75) is 18.7 Å². The predicted octanol–water partition coefficient (Wildman–Crippen LogP) is 2.37. The van der Waals surface area contributed by atoms with Gasteiger partial charge in [0.05, 0.1) is 13.2 Å². The van der Waals surface area contributed by atoms with Crippen LogP contribution in [-0.2, 0) is 15.7 Å². The first-order valence-electron chi connectivity index (χ1n) is 6.10. The number of carbonyl (C=O) groups is 1. The fraction of sp³-hybridized carbons (Fsp3) is 0.385. The van der Waals surface area contributed by atoms with Crippen molar-refractivity contribution in [2.75, 3.05) is 13.2 Å². The average molecular weight is 303 g/mol. The highest BCUT2D eigenvalue weighted by molar-refractivity contribution is 5.85. The van der Waals surface area contributed by atoms with Crippen LogP contribution in [0.5, 0.6) is 5.88 Å². The molecule has 2 heterocycles. The van der Waals surface area contributed by atoms with Crippen LogP contribution >= 0.6 is 0 Å². The van der Waals surface area contributed by atoms with Crippen LogP contribution in [0.3, 0.4) is 0 Å². The van der Waals surface area contributed by atoms with Crippen LogP contribution in [0.15, 0.2) is 18.2 Å². The summed E-state index contributed by atoms with van der Waals surface area (Å²) in [5, 5.41) is 8.59. The minimum atomic E-state index is -4.60. The van der Waals surface area contributed by atoms with Crippen LogP contribution < -0.4 is 4.74 Å². The largest absolute Gasteiger partial charge is 0.478 e. The number of carboxylic acid groups (broad SMARTS) is 1. The number of pyridine rings is 1. The maximum atomic E-state index is 12.7. The fourth-order valence-electron chi connectivity index (χ4n) is 1.76. The monoisotopic (exact) mass is 303 g/mol. The maximum Gasteiger partial charge on any atom is 0.433 e. The molecule has 0 aromatic carbocycles. The Kier molecular flexibility index (Phi) is 4.46. The Labute approximate surface area is 118 Å². The van der Waals surface area contributed by atoms with E-state index < -0.39 is 23.9 Å². The first-order valence-corrected chi connectivity index (χ1v) is 6.10. The van der Waals surface area contributed by atoms with E-state index in [-0.39, 0.29) is 18.1 Å². The van der Waals surface area contributed by atoms with Crippen molar-refractivity contribution in [1.82, 2.24) is 4.98 Å². The number of aliphatic carboxylic acids is 1. The van der Waals surface area contributed by atoms with Crippen molar-refractivity contribution in [3.05, 3.63) is 29.5 Å². The molecule has 1 atom stereocenters. The quantitative estimate of drug-likeness (QED) is 0.865. The van der Waals surface area contributed by atoms with Gasteiger partial charge in [-0.1, -0.05) is 0 Å². The van der Waals surface area contributed by atoms with Crippen LogP contribution in [0.1, 0.15) is 17.7 Å². The maximum absolute atomic E-state index is 12.7. The van der Waals surface area contributed by atoms with Gasteiger partial charge in [-0.05, 0) is 18.2 Å². The summed E-state index contributed by atoms with van der Waals surface area (Å²) in [6.45, 7) is 0.726. The van der Waals surface area contributed by atoms with Crippen molar-refractivity contribution < 1.29 is 32.5 Å². The van der Waals surface area contributed by atoms with Crippen molar-refractivity contribution in [1.29, 1.82) is 0 Å². The van der Waals surface area contributed by atoms with Gasteiger partial charge in [-0.2, -0.15) is 13.2 Å². The number of hydrogen-bond acceptors (Lipinski definition) is 4. The molecule has 21 heavy (non-hydrogen) atoms. The summed E-state index contributed by atoms with van der Waals surface area (Å²) >= 11 is 0. The number of alkyl halides is 3. The molecule has 5 nitrogen and oxygen atoms in total. The van der Waals surface area contributed by atoms with Crippen LogP contribution in [0, 0.1) is 0 Å². The molecule has 1 unspecified atom stereocenters. The molecule has 0 radical (unpaired) electrons. The Balaban J connectivity index is 2.31. The zero-order valence-corrected chi connectivity index (χ0v) is 10.8. The third kappa shape index (κ3) is 4.19. The third-order valence-corrected chi connectivity index (χ3v) is 2.75. The molecule has 1 N–H and O–H groups in total. The van der Waals surface area contributed by atoms with Gasteiger partial charge in [0.1, 0.15) is 11.8 Å². The summed E-state index contributed by atoms with van der Waals surface area (Å²) < 4.78 is 48.5. The Morgan fingerprint density at radius 2 is 2.24 bits per heavy atom. The molecule has 0 aliphatic carbocycles. The normalized spacial score (nSPS) is 19.1. The molecule has 1 aliphatic heterocycles. The van der Waals surface area contributed by atoms with Gasteiger partial charge in [0.25, 0.3) is 0 Å². The average Bonchev–Trinajstić information content (AvgIpc) is 2.88. The van der Waals surface area contributed by atoms with E-state index in [4.69, 9.17) is 14.6 Å². The molecule has 8 heteroatoms. The van der Waals surface area contributed by atoms with Crippen LogP contribution in [-0.4, -0.2) is 35.4 Å². The number of carboxylic acids is 1. The van der Waals surface area contributed by atoms with Gasteiger partial charge >= 0.3 is 12.1 Å². The Bertz CT molecular complexity index is 551. The molecule has 0 saturated carbocycles.